The standard InChI is InChI=1S/C26H39N3O2/c1-21(2)20-29(24(30)28-25(3,4)5)18-12-17-26(31,23-15-10-7-11-16-23)27-19-22-13-8-6-9-14-22/h6-11,13-16,21,27,31H,12,17-20H2,1-5H3,(H,28,30). The van der Waals surface area contributed by atoms with Crippen LogP contribution in [0.4, 0.5) is 4.79 Å². The van der Waals surface area contributed by atoms with Gasteiger partial charge < -0.3 is 15.3 Å². The highest BCUT2D eigenvalue weighted by atomic mass is 16.3. The first-order valence-electron chi connectivity index (χ1n) is 11.2. The summed E-state index contributed by atoms with van der Waals surface area (Å²) in [7, 11) is 0. The second-order valence-electron chi connectivity index (χ2n) is 9.69. The Balaban J connectivity index is 2.07. The molecule has 2 aromatic rings. The van der Waals surface area contributed by atoms with E-state index in [2.05, 4.69) is 24.5 Å². The van der Waals surface area contributed by atoms with E-state index in [0.29, 0.717) is 38.4 Å². The summed E-state index contributed by atoms with van der Waals surface area (Å²) < 4.78 is 0. The Morgan fingerprint density at radius 2 is 1.58 bits per heavy atom. The van der Waals surface area contributed by atoms with Crippen LogP contribution in [-0.2, 0) is 12.3 Å². The van der Waals surface area contributed by atoms with E-state index in [4.69, 9.17) is 0 Å². The summed E-state index contributed by atoms with van der Waals surface area (Å²) in [6, 6.07) is 19.7. The summed E-state index contributed by atoms with van der Waals surface area (Å²) in [5.74, 6) is 0.370. The summed E-state index contributed by atoms with van der Waals surface area (Å²) in [5, 5.41) is 17.9. The number of hydrogen-bond acceptors (Lipinski definition) is 3. The summed E-state index contributed by atoms with van der Waals surface area (Å²) in [6.45, 7) is 12.0. The zero-order valence-electron chi connectivity index (χ0n) is 19.7. The monoisotopic (exact) mass is 425 g/mol. The summed E-state index contributed by atoms with van der Waals surface area (Å²) in [5.41, 5.74) is 0.499. The van der Waals surface area contributed by atoms with Crippen molar-refractivity contribution in [3.63, 3.8) is 0 Å². The normalized spacial score (nSPS) is 13.6. The van der Waals surface area contributed by atoms with E-state index in [1.807, 2.05) is 86.3 Å². The fourth-order valence-electron chi connectivity index (χ4n) is 3.53. The van der Waals surface area contributed by atoms with E-state index >= 15 is 0 Å². The maximum Gasteiger partial charge on any atom is 0.317 e. The highest BCUT2D eigenvalue weighted by molar-refractivity contribution is 5.74. The molecule has 0 fully saturated rings. The number of hydrogen-bond donors (Lipinski definition) is 3. The third-order valence-electron chi connectivity index (χ3n) is 5.00. The van der Waals surface area contributed by atoms with E-state index in [9.17, 15) is 9.90 Å². The molecular formula is C26H39N3O2. The zero-order valence-corrected chi connectivity index (χ0v) is 19.7. The lowest BCUT2D eigenvalue weighted by molar-refractivity contribution is -0.0137. The molecular weight excluding hydrogens is 386 g/mol. The van der Waals surface area contributed by atoms with Crippen LogP contribution >= 0.6 is 0 Å². The van der Waals surface area contributed by atoms with Gasteiger partial charge in [-0.1, -0.05) is 74.5 Å². The predicted molar refractivity (Wildman–Crippen MR) is 128 cm³/mol. The molecule has 5 nitrogen and oxygen atoms in total. The first kappa shape index (κ1) is 24.9. The van der Waals surface area contributed by atoms with Gasteiger partial charge in [0.25, 0.3) is 0 Å². The summed E-state index contributed by atoms with van der Waals surface area (Å²) in [6.07, 6.45) is 1.18. The lowest BCUT2D eigenvalue weighted by atomic mass is 9.96. The van der Waals surface area contributed by atoms with Crippen molar-refractivity contribution < 1.29 is 9.90 Å². The van der Waals surface area contributed by atoms with Crippen molar-refractivity contribution in [2.45, 2.75) is 65.3 Å². The van der Waals surface area contributed by atoms with Crippen molar-refractivity contribution in [3.8, 4) is 0 Å². The van der Waals surface area contributed by atoms with Crippen LogP contribution in [0.15, 0.2) is 60.7 Å². The molecule has 0 aliphatic carbocycles. The Hall–Kier alpha value is -2.37. The van der Waals surface area contributed by atoms with E-state index in [-0.39, 0.29) is 11.6 Å². The molecule has 0 aliphatic heterocycles. The van der Waals surface area contributed by atoms with Gasteiger partial charge in [-0.25, -0.2) is 4.79 Å². The molecule has 5 heteroatoms. The summed E-state index contributed by atoms with van der Waals surface area (Å²) >= 11 is 0. The Bertz CT molecular complexity index is 787. The highest BCUT2D eigenvalue weighted by Crippen LogP contribution is 2.25. The first-order valence-corrected chi connectivity index (χ1v) is 11.2. The van der Waals surface area contributed by atoms with Crippen molar-refractivity contribution in [1.82, 2.24) is 15.5 Å². The fourth-order valence-corrected chi connectivity index (χ4v) is 3.53. The molecule has 0 aromatic heterocycles. The van der Waals surface area contributed by atoms with Gasteiger partial charge in [-0.3, -0.25) is 5.32 Å². The lowest BCUT2D eigenvalue weighted by Crippen LogP contribution is -2.50. The molecule has 0 spiro atoms. The average molecular weight is 426 g/mol. The number of urea groups is 1. The molecule has 0 saturated heterocycles. The van der Waals surface area contributed by atoms with Crippen LogP contribution in [0.2, 0.25) is 0 Å². The number of nitrogens with zero attached hydrogens (tertiary/aromatic N) is 1. The maximum absolute atomic E-state index is 12.8. The second-order valence-corrected chi connectivity index (χ2v) is 9.69. The van der Waals surface area contributed by atoms with Gasteiger partial charge in [-0.15, -0.1) is 0 Å². The highest BCUT2D eigenvalue weighted by Gasteiger charge is 2.29. The second kappa shape index (κ2) is 11.3. The Labute approximate surface area is 187 Å². The third-order valence-corrected chi connectivity index (χ3v) is 5.00. The molecule has 31 heavy (non-hydrogen) atoms. The molecule has 0 heterocycles. The Morgan fingerprint density at radius 1 is 1.00 bits per heavy atom. The minimum absolute atomic E-state index is 0.0540. The topological polar surface area (TPSA) is 64.6 Å². The van der Waals surface area contributed by atoms with Gasteiger partial charge in [-0.05, 0) is 50.7 Å². The van der Waals surface area contributed by atoms with Crippen LogP contribution in [0.25, 0.3) is 0 Å². The van der Waals surface area contributed by atoms with Crippen molar-refractivity contribution in [1.29, 1.82) is 0 Å². The minimum atomic E-state index is -1.17. The molecule has 0 aliphatic rings. The number of nitrogens with one attached hydrogen (secondary N) is 2. The van der Waals surface area contributed by atoms with Gasteiger partial charge in [0.05, 0.1) is 0 Å². The van der Waals surface area contributed by atoms with E-state index < -0.39 is 5.72 Å². The minimum Gasteiger partial charge on any atom is -0.372 e. The number of aliphatic hydroxyl groups is 1. The molecule has 0 radical (unpaired) electrons. The van der Waals surface area contributed by atoms with Gasteiger partial charge in [0.2, 0.25) is 0 Å². The van der Waals surface area contributed by atoms with Crippen LogP contribution in [0.5, 0.6) is 0 Å². The van der Waals surface area contributed by atoms with Crippen molar-refractivity contribution in [2.24, 2.45) is 5.92 Å². The van der Waals surface area contributed by atoms with Crippen molar-refractivity contribution >= 4 is 6.03 Å². The lowest BCUT2D eigenvalue weighted by Gasteiger charge is -2.33. The van der Waals surface area contributed by atoms with Crippen LogP contribution in [0.1, 0.15) is 58.6 Å². The van der Waals surface area contributed by atoms with Gasteiger partial charge in [0.15, 0.2) is 0 Å². The Morgan fingerprint density at radius 3 is 2.13 bits per heavy atom. The molecule has 170 valence electrons. The van der Waals surface area contributed by atoms with E-state index in [1.54, 1.807) is 0 Å². The van der Waals surface area contributed by atoms with E-state index in [0.717, 1.165) is 11.1 Å². The maximum atomic E-state index is 12.8. The molecule has 1 atom stereocenters. The molecule has 3 N–H and O–H groups in total. The van der Waals surface area contributed by atoms with Crippen LogP contribution < -0.4 is 10.6 Å². The fraction of sp³-hybridized carbons (Fsp3) is 0.500. The zero-order chi connectivity index (χ0) is 22.9. The number of amides is 2. The number of benzene rings is 2. The Kier molecular flexibility index (Phi) is 9.08. The average Bonchev–Trinajstić information content (AvgIpc) is 2.71. The molecule has 1 unspecified atom stereocenters. The van der Waals surface area contributed by atoms with Crippen LogP contribution in [-0.4, -0.2) is 34.7 Å². The molecule has 2 aromatic carbocycles. The predicted octanol–water partition coefficient (Wildman–Crippen LogP) is 4.87. The van der Waals surface area contributed by atoms with Gasteiger partial charge in [0, 0.05) is 25.2 Å². The third kappa shape index (κ3) is 8.72. The van der Waals surface area contributed by atoms with Crippen LogP contribution in [0.3, 0.4) is 0 Å². The molecule has 0 saturated carbocycles. The largest absolute Gasteiger partial charge is 0.372 e. The molecule has 0 bridgehead atoms. The van der Waals surface area contributed by atoms with Gasteiger partial charge in [-0.2, -0.15) is 0 Å². The SMILES string of the molecule is CC(C)CN(CCCC(O)(NCc1ccccc1)c1ccccc1)C(=O)NC(C)(C)C. The van der Waals surface area contributed by atoms with E-state index in [1.165, 1.54) is 0 Å². The van der Waals surface area contributed by atoms with Crippen LogP contribution in [0, 0.1) is 5.92 Å². The summed E-state index contributed by atoms with van der Waals surface area (Å²) in [4.78, 5) is 14.6. The molecule has 2 amide bonds. The number of carbonyl (C=O) groups is 1. The van der Waals surface area contributed by atoms with Crippen molar-refractivity contribution in [2.75, 3.05) is 13.1 Å². The smallest absolute Gasteiger partial charge is 0.317 e. The van der Waals surface area contributed by atoms with Crippen molar-refractivity contribution in [3.05, 3.63) is 71.8 Å². The number of carbonyl (C=O) groups excluding carboxylic acids is 1. The van der Waals surface area contributed by atoms with Gasteiger partial charge >= 0.3 is 6.03 Å². The quantitative estimate of drug-likeness (QED) is 0.476. The first-order chi connectivity index (χ1) is 14.6. The van der Waals surface area contributed by atoms with Gasteiger partial charge in [0.1, 0.15) is 5.72 Å². The molecule has 2 rings (SSSR count). The number of rotatable bonds is 10.